The van der Waals surface area contributed by atoms with E-state index in [1.807, 2.05) is 18.2 Å². The molecule has 2 saturated heterocycles. The van der Waals surface area contributed by atoms with Crippen molar-refractivity contribution in [3.63, 3.8) is 0 Å². The zero-order valence-electron chi connectivity index (χ0n) is 15.6. The average Bonchev–Trinajstić information content (AvgIpc) is 3.06. The number of nitrogens with zero attached hydrogens (tertiary/aromatic N) is 3. The summed E-state index contributed by atoms with van der Waals surface area (Å²) in [6.45, 7) is 3.39. The number of nitrogens with one attached hydrogen (secondary N) is 1. The first-order chi connectivity index (χ1) is 12.5. The Morgan fingerprint density at radius 3 is 2.81 bits per heavy atom. The number of carbonyl (C=O) groups is 2. The molecule has 2 aliphatic heterocycles. The van der Waals surface area contributed by atoms with Gasteiger partial charge in [0.05, 0.1) is 13.1 Å². The lowest BCUT2D eigenvalue weighted by atomic mass is 10.0. The fourth-order valence-electron chi connectivity index (χ4n) is 3.59. The summed E-state index contributed by atoms with van der Waals surface area (Å²) in [5.74, 6) is 0.000984. The summed E-state index contributed by atoms with van der Waals surface area (Å²) in [5.41, 5.74) is 0.779. The molecule has 0 bridgehead atoms. The first-order valence-electron chi connectivity index (χ1n) is 9.16. The number of benzene rings is 1. The molecule has 7 heteroatoms. The largest absolute Gasteiger partial charge is 0.375 e. The third-order valence-corrected chi connectivity index (χ3v) is 5.20. The number of anilines is 1. The van der Waals surface area contributed by atoms with Crippen molar-refractivity contribution < 1.29 is 14.3 Å². The van der Waals surface area contributed by atoms with E-state index in [0.717, 1.165) is 19.4 Å². The van der Waals surface area contributed by atoms with Crippen molar-refractivity contribution in [1.82, 2.24) is 15.1 Å². The third kappa shape index (κ3) is 4.27. The summed E-state index contributed by atoms with van der Waals surface area (Å²) < 4.78 is 5.78. The van der Waals surface area contributed by atoms with E-state index in [-0.39, 0.29) is 18.5 Å². The Balaban J connectivity index is 1.39. The van der Waals surface area contributed by atoms with Gasteiger partial charge in [0.15, 0.2) is 0 Å². The lowest BCUT2D eigenvalue weighted by molar-refractivity contribution is -0.158. The lowest BCUT2D eigenvalue weighted by Gasteiger charge is -2.38. The number of morpholine rings is 1. The Bertz CT molecular complexity index is 639. The van der Waals surface area contributed by atoms with Crippen molar-refractivity contribution in [2.45, 2.75) is 18.4 Å². The fraction of sp³-hybridized carbons (Fsp3) is 0.579. The monoisotopic (exact) mass is 360 g/mol. The molecule has 0 aliphatic carbocycles. The van der Waals surface area contributed by atoms with Crippen molar-refractivity contribution >= 4 is 17.6 Å². The number of carbonyl (C=O) groups excluding carboxylic acids is 2. The van der Waals surface area contributed by atoms with E-state index >= 15 is 0 Å². The summed E-state index contributed by atoms with van der Waals surface area (Å²) in [7, 11) is 3.85. The summed E-state index contributed by atoms with van der Waals surface area (Å²) in [6.07, 6.45) is 1.65. The highest BCUT2D eigenvalue weighted by Gasteiger charge is 2.45. The minimum absolute atomic E-state index is 0.000984. The van der Waals surface area contributed by atoms with Crippen LogP contribution in [0.5, 0.6) is 0 Å². The van der Waals surface area contributed by atoms with Crippen LogP contribution in [0.1, 0.15) is 12.8 Å². The molecule has 0 aromatic heterocycles. The normalized spacial score (nSPS) is 22.8. The maximum absolute atomic E-state index is 12.4. The number of para-hydroxylation sites is 1. The van der Waals surface area contributed by atoms with Gasteiger partial charge in [0, 0.05) is 39.4 Å². The molecule has 2 aliphatic rings. The van der Waals surface area contributed by atoms with Gasteiger partial charge in [-0.25, -0.2) is 4.79 Å². The topological polar surface area (TPSA) is 65.1 Å². The van der Waals surface area contributed by atoms with Crippen LogP contribution in [0.4, 0.5) is 10.5 Å². The van der Waals surface area contributed by atoms with Crippen molar-refractivity contribution in [2.75, 3.05) is 58.3 Å². The van der Waals surface area contributed by atoms with E-state index in [4.69, 9.17) is 4.74 Å². The summed E-state index contributed by atoms with van der Waals surface area (Å²) in [6, 6.07) is 10.2. The fourth-order valence-corrected chi connectivity index (χ4v) is 3.59. The Morgan fingerprint density at radius 1 is 1.31 bits per heavy atom. The molecule has 0 unspecified atom stereocenters. The van der Waals surface area contributed by atoms with Crippen LogP contribution in [0.25, 0.3) is 0 Å². The number of likely N-dealkylation sites (tertiary alicyclic amines) is 1. The van der Waals surface area contributed by atoms with Gasteiger partial charge in [-0.15, -0.1) is 0 Å². The van der Waals surface area contributed by atoms with Gasteiger partial charge in [0.2, 0.25) is 5.91 Å². The second kappa shape index (κ2) is 7.95. The Morgan fingerprint density at radius 2 is 2.08 bits per heavy atom. The molecule has 142 valence electrons. The van der Waals surface area contributed by atoms with Gasteiger partial charge in [0.1, 0.15) is 12.2 Å². The van der Waals surface area contributed by atoms with Crippen LogP contribution in [0.2, 0.25) is 0 Å². The van der Waals surface area contributed by atoms with Gasteiger partial charge < -0.3 is 24.8 Å². The van der Waals surface area contributed by atoms with Crippen LogP contribution in [-0.2, 0) is 9.53 Å². The Hall–Kier alpha value is -2.28. The van der Waals surface area contributed by atoms with Gasteiger partial charge in [-0.3, -0.25) is 4.79 Å². The molecular weight excluding hydrogens is 332 g/mol. The van der Waals surface area contributed by atoms with Crippen molar-refractivity contribution in [3.8, 4) is 0 Å². The maximum atomic E-state index is 12.4. The maximum Gasteiger partial charge on any atom is 0.317 e. The molecule has 1 spiro atoms. The third-order valence-electron chi connectivity index (χ3n) is 5.20. The number of hydrogen-bond acceptors (Lipinski definition) is 4. The molecule has 0 radical (unpaired) electrons. The molecule has 0 saturated carbocycles. The molecular formula is C19H28N4O3. The number of amides is 3. The highest BCUT2D eigenvalue weighted by Crippen LogP contribution is 2.29. The molecule has 2 fully saturated rings. The van der Waals surface area contributed by atoms with E-state index in [2.05, 4.69) is 29.4 Å². The van der Waals surface area contributed by atoms with Gasteiger partial charge >= 0.3 is 6.03 Å². The number of hydrogen-bond donors (Lipinski definition) is 1. The minimum Gasteiger partial charge on any atom is -0.375 e. The number of rotatable bonds is 5. The number of urea groups is 1. The quantitative estimate of drug-likeness (QED) is 0.800. The number of likely N-dealkylation sites (N-methyl/N-ethyl adjacent to an activating group) is 1. The zero-order valence-corrected chi connectivity index (χ0v) is 15.6. The van der Waals surface area contributed by atoms with Crippen LogP contribution in [-0.4, -0.2) is 80.8 Å². The summed E-state index contributed by atoms with van der Waals surface area (Å²) >= 11 is 0. The molecule has 3 rings (SSSR count). The first-order valence-corrected chi connectivity index (χ1v) is 9.16. The molecule has 7 nitrogen and oxygen atoms in total. The second-order valence-electron chi connectivity index (χ2n) is 7.24. The van der Waals surface area contributed by atoms with Crippen LogP contribution < -0.4 is 10.2 Å². The number of ether oxygens (including phenoxy) is 1. The standard InChI is InChI=1S/C19H28N4O3/c1-21(16-7-4-3-5-8-16)11-6-10-20-18(25)23-12-9-19(15-23)14-22(2)17(24)13-26-19/h3-5,7-8H,6,9-15H2,1-2H3,(H,20,25)/t19-/m1/s1. The van der Waals surface area contributed by atoms with E-state index in [0.29, 0.717) is 26.2 Å². The van der Waals surface area contributed by atoms with Gasteiger partial charge in [-0.1, -0.05) is 18.2 Å². The molecule has 3 amide bonds. The van der Waals surface area contributed by atoms with E-state index < -0.39 is 5.60 Å². The second-order valence-corrected chi connectivity index (χ2v) is 7.24. The van der Waals surface area contributed by atoms with E-state index in [9.17, 15) is 9.59 Å². The van der Waals surface area contributed by atoms with Crippen molar-refractivity contribution in [2.24, 2.45) is 0 Å². The van der Waals surface area contributed by atoms with Crippen molar-refractivity contribution in [1.29, 1.82) is 0 Å². The van der Waals surface area contributed by atoms with Crippen molar-refractivity contribution in [3.05, 3.63) is 30.3 Å². The van der Waals surface area contributed by atoms with Gasteiger partial charge in [0.25, 0.3) is 0 Å². The molecule has 2 heterocycles. The molecule has 26 heavy (non-hydrogen) atoms. The molecule has 1 atom stereocenters. The lowest BCUT2D eigenvalue weighted by Crippen LogP contribution is -2.55. The van der Waals surface area contributed by atoms with Crippen LogP contribution in [0.3, 0.4) is 0 Å². The predicted molar refractivity (Wildman–Crippen MR) is 100 cm³/mol. The first kappa shape index (κ1) is 18.5. The zero-order chi connectivity index (χ0) is 18.6. The molecule has 1 N–H and O–H groups in total. The van der Waals surface area contributed by atoms with Crippen LogP contribution in [0, 0.1) is 0 Å². The molecule has 1 aromatic carbocycles. The van der Waals surface area contributed by atoms with E-state index in [1.54, 1.807) is 16.8 Å². The SMILES string of the molecule is CN1C[C@@]2(CCN(C(=O)NCCCN(C)c3ccccc3)C2)OCC1=O. The average molecular weight is 360 g/mol. The Labute approximate surface area is 154 Å². The van der Waals surface area contributed by atoms with Crippen LogP contribution in [0.15, 0.2) is 30.3 Å². The highest BCUT2D eigenvalue weighted by atomic mass is 16.5. The molecule has 1 aromatic rings. The van der Waals surface area contributed by atoms with Crippen LogP contribution >= 0.6 is 0 Å². The smallest absolute Gasteiger partial charge is 0.317 e. The minimum atomic E-state index is -0.395. The predicted octanol–water partition coefficient (Wildman–Crippen LogP) is 1.16. The Kier molecular flexibility index (Phi) is 5.66. The van der Waals surface area contributed by atoms with Gasteiger partial charge in [-0.05, 0) is 25.0 Å². The van der Waals surface area contributed by atoms with E-state index in [1.165, 1.54) is 5.69 Å². The van der Waals surface area contributed by atoms with Gasteiger partial charge in [-0.2, -0.15) is 0 Å². The highest BCUT2D eigenvalue weighted by molar-refractivity contribution is 5.78. The summed E-state index contributed by atoms with van der Waals surface area (Å²) in [4.78, 5) is 29.7. The summed E-state index contributed by atoms with van der Waals surface area (Å²) in [5, 5.41) is 3.00.